The molecule has 0 saturated heterocycles. The van der Waals surface area contributed by atoms with Crippen molar-refractivity contribution in [3.63, 3.8) is 0 Å². The molecular formula is C13H18N4. The molecule has 0 unspecified atom stereocenters. The molecule has 2 aromatic rings. The fourth-order valence-corrected chi connectivity index (χ4v) is 1.90. The lowest BCUT2D eigenvalue weighted by molar-refractivity contribution is 0.688. The lowest BCUT2D eigenvalue weighted by Crippen LogP contribution is -2.23. The molecular weight excluding hydrogens is 212 g/mol. The molecule has 17 heavy (non-hydrogen) atoms. The van der Waals surface area contributed by atoms with Gasteiger partial charge in [0, 0.05) is 25.3 Å². The topological polar surface area (TPSA) is 47.1 Å². The summed E-state index contributed by atoms with van der Waals surface area (Å²) in [6.07, 6.45) is 0. The van der Waals surface area contributed by atoms with Gasteiger partial charge in [0.05, 0.1) is 12.2 Å². The Balaban J connectivity index is 2.18. The zero-order chi connectivity index (χ0) is 12.3. The maximum absolute atomic E-state index is 5.68. The third kappa shape index (κ3) is 2.58. The van der Waals surface area contributed by atoms with Gasteiger partial charge in [0.2, 0.25) is 0 Å². The zero-order valence-corrected chi connectivity index (χ0v) is 10.3. The van der Waals surface area contributed by atoms with Gasteiger partial charge in [0.25, 0.3) is 0 Å². The van der Waals surface area contributed by atoms with Crippen molar-refractivity contribution in [1.29, 1.82) is 0 Å². The number of aromatic nitrogens is 2. The number of nitrogens with two attached hydrogens (primary N) is 1. The van der Waals surface area contributed by atoms with Crippen LogP contribution in [0.3, 0.4) is 0 Å². The molecule has 0 aliphatic rings. The van der Waals surface area contributed by atoms with Gasteiger partial charge in [-0.05, 0) is 19.1 Å². The van der Waals surface area contributed by atoms with Crippen LogP contribution in [-0.2, 0) is 13.6 Å². The van der Waals surface area contributed by atoms with Crippen molar-refractivity contribution >= 4 is 11.5 Å². The summed E-state index contributed by atoms with van der Waals surface area (Å²) in [5, 5.41) is 4.16. The van der Waals surface area contributed by atoms with Crippen LogP contribution in [-0.4, -0.2) is 16.3 Å². The number of para-hydroxylation sites is 1. The molecule has 0 saturated carbocycles. The first-order chi connectivity index (χ1) is 8.20. The minimum Gasteiger partial charge on any atom is -0.382 e. The lowest BCUT2D eigenvalue weighted by atomic mass is 10.2. The second-order valence-corrected chi connectivity index (χ2v) is 4.03. The molecule has 1 heterocycles. The summed E-state index contributed by atoms with van der Waals surface area (Å²) in [6.45, 7) is 3.92. The summed E-state index contributed by atoms with van der Waals surface area (Å²) in [5.41, 5.74) is 8.02. The summed E-state index contributed by atoms with van der Waals surface area (Å²) >= 11 is 0. The molecule has 4 heteroatoms. The van der Waals surface area contributed by atoms with Gasteiger partial charge in [-0.3, -0.25) is 4.68 Å². The minimum absolute atomic E-state index is 0.576. The van der Waals surface area contributed by atoms with Gasteiger partial charge in [-0.1, -0.05) is 18.2 Å². The highest BCUT2D eigenvalue weighted by Crippen LogP contribution is 2.16. The standard InChI is InChI=1S/C13H18N4/c1-3-17(11-7-5-4-6-8-11)10-12-9-13(14)15-16(12)2/h4-9H,3,10H2,1-2H3,(H2,14,15). The van der Waals surface area contributed by atoms with Gasteiger partial charge < -0.3 is 10.6 Å². The van der Waals surface area contributed by atoms with Crippen LogP contribution in [0.1, 0.15) is 12.6 Å². The van der Waals surface area contributed by atoms with E-state index in [1.807, 2.05) is 23.9 Å². The Morgan fingerprint density at radius 3 is 2.53 bits per heavy atom. The van der Waals surface area contributed by atoms with Gasteiger partial charge in [0.1, 0.15) is 5.82 Å². The molecule has 0 aliphatic carbocycles. The highest BCUT2D eigenvalue weighted by atomic mass is 15.3. The summed E-state index contributed by atoms with van der Waals surface area (Å²) in [6, 6.07) is 12.3. The molecule has 0 fully saturated rings. The predicted molar refractivity (Wildman–Crippen MR) is 70.8 cm³/mol. The predicted octanol–water partition coefficient (Wildman–Crippen LogP) is 2.03. The van der Waals surface area contributed by atoms with E-state index in [9.17, 15) is 0 Å². The summed E-state index contributed by atoms with van der Waals surface area (Å²) in [7, 11) is 1.92. The van der Waals surface area contributed by atoms with Gasteiger partial charge in [-0.2, -0.15) is 5.10 Å². The summed E-state index contributed by atoms with van der Waals surface area (Å²) in [4.78, 5) is 2.29. The number of anilines is 2. The number of nitrogens with zero attached hydrogens (tertiary/aromatic N) is 3. The first kappa shape index (κ1) is 11.5. The molecule has 2 N–H and O–H groups in total. The second kappa shape index (κ2) is 4.91. The van der Waals surface area contributed by atoms with Crippen LogP contribution in [0.15, 0.2) is 36.4 Å². The van der Waals surface area contributed by atoms with Crippen molar-refractivity contribution in [2.24, 2.45) is 7.05 Å². The van der Waals surface area contributed by atoms with Crippen LogP contribution in [0.5, 0.6) is 0 Å². The Kier molecular flexibility index (Phi) is 3.32. The quantitative estimate of drug-likeness (QED) is 0.874. The molecule has 4 nitrogen and oxygen atoms in total. The van der Waals surface area contributed by atoms with E-state index in [1.165, 1.54) is 5.69 Å². The van der Waals surface area contributed by atoms with Crippen molar-refractivity contribution in [3.8, 4) is 0 Å². The van der Waals surface area contributed by atoms with Crippen molar-refractivity contribution in [1.82, 2.24) is 9.78 Å². The van der Waals surface area contributed by atoms with Crippen LogP contribution in [0.2, 0.25) is 0 Å². The average Bonchev–Trinajstić information content (AvgIpc) is 2.66. The minimum atomic E-state index is 0.576. The molecule has 1 aromatic carbocycles. The fourth-order valence-electron chi connectivity index (χ4n) is 1.90. The Morgan fingerprint density at radius 1 is 1.29 bits per heavy atom. The van der Waals surface area contributed by atoms with E-state index in [-0.39, 0.29) is 0 Å². The normalized spacial score (nSPS) is 10.5. The molecule has 0 radical (unpaired) electrons. The van der Waals surface area contributed by atoms with Crippen LogP contribution in [0.25, 0.3) is 0 Å². The van der Waals surface area contributed by atoms with E-state index in [2.05, 4.69) is 41.2 Å². The largest absolute Gasteiger partial charge is 0.382 e. The van der Waals surface area contributed by atoms with E-state index in [0.717, 1.165) is 18.8 Å². The highest BCUT2D eigenvalue weighted by molar-refractivity contribution is 5.46. The molecule has 0 bridgehead atoms. The van der Waals surface area contributed by atoms with Crippen LogP contribution in [0.4, 0.5) is 11.5 Å². The highest BCUT2D eigenvalue weighted by Gasteiger charge is 2.08. The molecule has 90 valence electrons. The molecule has 0 aliphatic heterocycles. The number of nitrogen functional groups attached to an aromatic ring is 1. The van der Waals surface area contributed by atoms with Crippen molar-refractivity contribution < 1.29 is 0 Å². The molecule has 0 amide bonds. The number of hydrogen-bond donors (Lipinski definition) is 1. The Labute approximate surface area is 102 Å². The molecule has 1 aromatic heterocycles. The Bertz CT molecular complexity index is 475. The van der Waals surface area contributed by atoms with Crippen molar-refractivity contribution in [2.75, 3.05) is 17.2 Å². The van der Waals surface area contributed by atoms with E-state index in [1.54, 1.807) is 0 Å². The summed E-state index contributed by atoms with van der Waals surface area (Å²) in [5.74, 6) is 0.576. The first-order valence-corrected chi connectivity index (χ1v) is 5.79. The maximum Gasteiger partial charge on any atom is 0.145 e. The Hall–Kier alpha value is -1.97. The summed E-state index contributed by atoms with van der Waals surface area (Å²) < 4.78 is 1.83. The van der Waals surface area contributed by atoms with E-state index in [0.29, 0.717) is 5.82 Å². The van der Waals surface area contributed by atoms with Crippen LogP contribution < -0.4 is 10.6 Å². The number of rotatable bonds is 4. The monoisotopic (exact) mass is 230 g/mol. The third-order valence-electron chi connectivity index (χ3n) is 2.85. The van der Waals surface area contributed by atoms with Crippen molar-refractivity contribution in [2.45, 2.75) is 13.5 Å². The molecule has 0 spiro atoms. The average molecular weight is 230 g/mol. The number of benzene rings is 1. The molecule has 2 rings (SSSR count). The lowest BCUT2D eigenvalue weighted by Gasteiger charge is -2.22. The first-order valence-electron chi connectivity index (χ1n) is 5.79. The van der Waals surface area contributed by atoms with E-state index >= 15 is 0 Å². The second-order valence-electron chi connectivity index (χ2n) is 4.03. The fraction of sp³-hybridized carbons (Fsp3) is 0.308. The third-order valence-corrected chi connectivity index (χ3v) is 2.85. The Morgan fingerprint density at radius 2 is 2.00 bits per heavy atom. The molecule has 0 atom stereocenters. The number of aryl methyl sites for hydroxylation is 1. The van der Waals surface area contributed by atoms with E-state index in [4.69, 9.17) is 5.73 Å². The maximum atomic E-state index is 5.68. The van der Waals surface area contributed by atoms with Crippen LogP contribution in [0, 0.1) is 0 Å². The van der Waals surface area contributed by atoms with Gasteiger partial charge in [-0.25, -0.2) is 0 Å². The van der Waals surface area contributed by atoms with Gasteiger partial charge in [-0.15, -0.1) is 0 Å². The van der Waals surface area contributed by atoms with Crippen molar-refractivity contribution in [3.05, 3.63) is 42.1 Å². The van der Waals surface area contributed by atoms with Gasteiger partial charge >= 0.3 is 0 Å². The van der Waals surface area contributed by atoms with Crippen LogP contribution >= 0.6 is 0 Å². The zero-order valence-electron chi connectivity index (χ0n) is 10.3. The number of hydrogen-bond acceptors (Lipinski definition) is 3. The SMILES string of the molecule is CCN(Cc1cc(N)nn1C)c1ccccc1. The van der Waals surface area contributed by atoms with E-state index < -0.39 is 0 Å². The van der Waals surface area contributed by atoms with Gasteiger partial charge in [0.15, 0.2) is 0 Å². The smallest absolute Gasteiger partial charge is 0.145 e.